The molecule has 8 nitrogen and oxygen atoms in total. The number of anilines is 5. The highest BCUT2D eigenvalue weighted by Crippen LogP contribution is 2.26. The number of hydrogen-bond donors (Lipinski definition) is 4. The minimum absolute atomic E-state index is 0.395. The molecule has 27 heavy (non-hydrogen) atoms. The summed E-state index contributed by atoms with van der Waals surface area (Å²) in [4.78, 5) is 9.13. The third-order valence-corrected chi connectivity index (χ3v) is 3.99. The van der Waals surface area contributed by atoms with Gasteiger partial charge in [0.2, 0.25) is 5.95 Å². The third-order valence-electron chi connectivity index (χ3n) is 3.99. The zero-order valence-corrected chi connectivity index (χ0v) is 14.5. The van der Waals surface area contributed by atoms with Crippen LogP contribution in [0.4, 0.5) is 29.0 Å². The van der Waals surface area contributed by atoms with Gasteiger partial charge in [0.1, 0.15) is 11.9 Å². The highest BCUT2D eigenvalue weighted by molar-refractivity contribution is 5.91. The Labute approximate surface area is 155 Å². The maximum absolute atomic E-state index is 9.15. The van der Waals surface area contributed by atoms with Crippen molar-refractivity contribution in [2.75, 3.05) is 16.4 Å². The van der Waals surface area contributed by atoms with E-state index in [-0.39, 0.29) is 0 Å². The summed E-state index contributed by atoms with van der Waals surface area (Å²) in [5, 5.41) is 23.5. The van der Waals surface area contributed by atoms with Gasteiger partial charge >= 0.3 is 0 Å². The second-order valence-corrected chi connectivity index (χ2v) is 6.01. The van der Waals surface area contributed by atoms with Crippen molar-refractivity contribution in [2.24, 2.45) is 0 Å². The maximum atomic E-state index is 9.15. The lowest BCUT2D eigenvalue weighted by atomic mass is 10.2. The summed E-state index contributed by atoms with van der Waals surface area (Å²) in [6, 6.07) is 16.8. The van der Waals surface area contributed by atoms with E-state index in [1.54, 1.807) is 18.2 Å². The standard InChI is InChI=1S/C19H16N8/c1-11-8-17(27-26-11)24-18-14-4-2-3-5-16(14)23-19(25-18)22-13-6-7-15(21)12(9-13)10-20/h2-9H,21H2,1H3,(H3,22,23,24,25,26,27). The van der Waals surface area contributed by atoms with Crippen LogP contribution in [0.2, 0.25) is 0 Å². The molecule has 0 saturated carbocycles. The molecule has 0 spiro atoms. The predicted octanol–water partition coefficient (Wildman–Crippen LogP) is 3.60. The van der Waals surface area contributed by atoms with E-state index in [0.717, 1.165) is 16.6 Å². The molecule has 8 heteroatoms. The number of aromatic amines is 1. The fourth-order valence-electron chi connectivity index (χ4n) is 2.69. The summed E-state index contributed by atoms with van der Waals surface area (Å²) >= 11 is 0. The van der Waals surface area contributed by atoms with E-state index >= 15 is 0 Å². The van der Waals surface area contributed by atoms with E-state index in [9.17, 15) is 0 Å². The first kappa shape index (κ1) is 16.4. The second-order valence-electron chi connectivity index (χ2n) is 6.01. The van der Waals surface area contributed by atoms with Crippen molar-refractivity contribution < 1.29 is 0 Å². The summed E-state index contributed by atoms with van der Waals surface area (Å²) in [7, 11) is 0. The molecule has 2 aromatic heterocycles. The Morgan fingerprint density at radius 1 is 1.07 bits per heavy atom. The number of aromatic nitrogens is 4. The summed E-state index contributed by atoms with van der Waals surface area (Å²) < 4.78 is 0. The van der Waals surface area contributed by atoms with Gasteiger partial charge in [0.05, 0.1) is 11.1 Å². The Bertz CT molecular complexity index is 1170. The van der Waals surface area contributed by atoms with Crippen LogP contribution in [-0.2, 0) is 0 Å². The zero-order valence-electron chi connectivity index (χ0n) is 14.5. The van der Waals surface area contributed by atoms with E-state index in [4.69, 9.17) is 11.0 Å². The summed E-state index contributed by atoms with van der Waals surface area (Å²) in [5.74, 6) is 1.70. The van der Waals surface area contributed by atoms with Gasteiger partial charge in [0.25, 0.3) is 0 Å². The number of benzene rings is 2. The monoisotopic (exact) mass is 356 g/mol. The van der Waals surface area contributed by atoms with E-state index < -0.39 is 0 Å². The van der Waals surface area contributed by atoms with Crippen molar-refractivity contribution in [3.8, 4) is 6.07 Å². The lowest BCUT2D eigenvalue weighted by molar-refractivity contribution is 1.05. The van der Waals surface area contributed by atoms with E-state index in [1.807, 2.05) is 37.3 Å². The van der Waals surface area contributed by atoms with Crippen molar-refractivity contribution in [1.82, 2.24) is 20.2 Å². The normalized spacial score (nSPS) is 10.5. The zero-order chi connectivity index (χ0) is 18.8. The summed E-state index contributed by atoms with van der Waals surface area (Å²) in [6.07, 6.45) is 0. The SMILES string of the molecule is Cc1cc(Nc2nc(Nc3ccc(N)c(C#N)c3)nc3ccccc23)n[nH]1. The Balaban J connectivity index is 1.74. The number of rotatable bonds is 4. The molecule has 2 aromatic carbocycles. The van der Waals surface area contributed by atoms with Crippen LogP contribution in [0.25, 0.3) is 10.9 Å². The number of nitriles is 1. The van der Waals surface area contributed by atoms with Gasteiger partial charge in [-0.15, -0.1) is 0 Å². The number of nitrogens with zero attached hydrogens (tertiary/aromatic N) is 4. The molecule has 4 aromatic rings. The Morgan fingerprint density at radius 2 is 1.93 bits per heavy atom. The van der Waals surface area contributed by atoms with Gasteiger partial charge in [-0.3, -0.25) is 5.10 Å². The van der Waals surface area contributed by atoms with E-state index in [0.29, 0.717) is 34.5 Å². The number of nitrogens with one attached hydrogen (secondary N) is 3. The molecule has 4 rings (SSSR count). The van der Waals surface area contributed by atoms with Crippen molar-refractivity contribution in [3.63, 3.8) is 0 Å². The van der Waals surface area contributed by atoms with Crippen molar-refractivity contribution in [2.45, 2.75) is 6.92 Å². The van der Waals surface area contributed by atoms with Gasteiger partial charge in [-0.1, -0.05) is 12.1 Å². The van der Waals surface area contributed by atoms with E-state index in [2.05, 4.69) is 36.9 Å². The third kappa shape index (κ3) is 3.34. The minimum Gasteiger partial charge on any atom is -0.398 e. The van der Waals surface area contributed by atoms with Crippen LogP contribution in [0.1, 0.15) is 11.3 Å². The molecule has 2 heterocycles. The maximum Gasteiger partial charge on any atom is 0.229 e. The molecule has 0 radical (unpaired) electrons. The molecule has 0 atom stereocenters. The smallest absolute Gasteiger partial charge is 0.229 e. The largest absolute Gasteiger partial charge is 0.398 e. The van der Waals surface area contributed by atoms with Crippen LogP contribution in [0, 0.1) is 18.3 Å². The fourth-order valence-corrected chi connectivity index (χ4v) is 2.69. The molecule has 0 aliphatic carbocycles. The Kier molecular flexibility index (Phi) is 4.03. The van der Waals surface area contributed by atoms with Crippen molar-refractivity contribution >= 4 is 39.9 Å². The highest BCUT2D eigenvalue weighted by Gasteiger charge is 2.10. The number of nitrogens with two attached hydrogens (primary N) is 1. The molecule has 0 bridgehead atoms. The summed E-state index contributed by atoms with van der Waals surface area (Å²) in [5.41, 5.74) is 9.00. The topological polar surface area (TPSA) is 128 Å². The second kappa shape index (κ2) is 6.65. The van der Waals surface area contributed by atoms with Crippen LogP contribution in [0.15, 0.2) is 48.5 Å². The van der Waals surface area contributed by atoms with Crippen LogP contribution < -0.4 is 16.4 Å². The molecule has 0 amide bonds. The molecule has 0 unspecified atom stereocenters. The van der Waals surface area contributed by atoms with E-state index in [1.165, 1.54) is 0 Å². The van der Waals surface area contributed by atoms with Crippen LogP contribution in [-0.4, -0.2) is 20.2 Å². The number of H-pyrrole nitrogens is 1. The molecule has 5 N–H and O–H groups in total. The number of para-hydroxylation sites is 1. The number of nitrogen functional groups attached to an aromatic ring is 1. The van der Waals surface area contributed by atoms with Crippen LogP contribution >= 0.6 is 0 Å². The molecule has 0 aliphatic rings. The predicted molar refractivity (Wildman–Crippen MR) is 105 cm³/mol. The van der Waals surface area contributed by atoms with Crippen molar-refractivity contribution in [1.29, 1.82) is 5.26 Å². The molecule has 0 saturated heterocycles. The molecule has 0 fully saturated rings. The first-order chi connectivity index (χ1) is 13.1. The molecular weight excluding hydrogens is 340 g/mol. The number of fused-ring (bicyclic) bond motifs is 1. The van der Waals surface area contributed by atoms with Gasteiger partial charge in [0, 0.05) is 28.5 Å². The molecular formula is C19H16N8. The lowest BCUT2D eigenvalue weighted by Gasteiger charge is -2.11. The number of aryl methyl sites for hydroxylation is 1. The molecule has 0 aliphatic heterocycles. The first-order valence-electron chi connectivity index (χ1n) is 8.25. The number of hydrogen-bond acceptors (Lipinski definition) is 7. The van der Waals surface area contributed by atoms with Crippen molar-refractivity contribution in [3.05, 3.63) is 59.8 Å². The van der Waals surface area contributed by atoms with Crippen LogP contribution in [0.3, 0.4) is 0 Å². The average Bonchev–Trinajstić information content (AvgIpc) is 3.08. The Hall–Kier alpha value is -4.12. The molecule has 132 valence electrons. The average molecular weight is 356 g/mol. The Morgan fingerprint density at radius 3 is 2.70 bits per heavy atom. The quantitative estimate of drug-likeness (QED) is 0.411. The van der Waals surface area contributed by atoms with Gasteiger partial charge in [-0.25, -0.2) is 4.98 Å². The first-order valence-corrected chi connectivity index (χ1v) is 8.25. The van der Waals surface area contributed by atoms with Gasteiger partial charge in [-0.05, 0) is 37.3 Å². The fraction of sp³-hybridized carbons (Fsp3) is 0.0526. The van der Waals surface area contributed by atoms with Gasteiger partial charge < -0.3 is 16.4 Å². The lowest BCUT2D eigenvalue weighted by Crippen LogP contribution is -2.03. The minimum atomic E-state index is 0.395. The van der Waals surface area contributed by atoms with Gasteiger partial charge in [-0.2, -0.15) is 15.3 Å². The summed E-state index contributed by atoms with van der Waals surface area (Å²) in [6.45, 7) is 1.93. The van der Waals surface area contributed by atoms with Crippen LogP contribution in [0.5, 0.6) is 0 Å². The van der Waals surface area contributed by atoms with Gasteiger partial charge in [0.15, 0.2) is 5.82 Å². The highest BCUT2D eigenvalue weighted by atomic mass is 15.2.